The van der Waals surface area contributed by atoms with E-state index in [1.807, 2.05) is 31.2 Å². The zero-order chi connectivity index (χ0) is 14.8. The SMILES string of the molecule is C#C[C@H]1C[NH+]2CC[C@H]1C[C@@H]2CNC(=O)c1ccc(C)cc1. The molecule has 0 aromatic heterocycles. The van der Waals surface area contributed by atoms with Gasteiger partial charge in [-0.2, -0.15) is 0 Å². The van der Waals surface area contributed by atoms with E-state index in [2.05, 4.69) is 11.2 Å². The minimum absolute atomic E-state index is 0.0329. The van der Waals surface area contributed by atoms with Gasteiger partial charge in [0.15, 0.2) is 0 Å². The second-order valence-electron chi connectivity index (χ2n) is 6.44. The van der Waals surface area contributed by atoms with Crippen LogP contribution in [0.2, 0.25) is 0 Å². The summed E-state index contributed by atoms with van der Waals surface area (Å²) in [5.74, 6) is 4.08. The van der Waals surface area contributed by atoms with Crippen molar-refractivity contribution < 1.29 is 9.69 Å². The number of carbonyl (C=O) groups excluding carboxylic acids is 1. The molecule has 3 aliphatic heterocycles. The molecule has 1 aromatic rings. The monoisotopic (exact) mass is 283 g/mol. The molecular weight excluding hydrogens is 260 g/mol. The van der Waals surface area contributed by atoms with Gasteiger partial charge in [0.2, 0.25) is 0 Å². The number of fused-ring (bicyclic) bond motifs is 3. The fraction of sp³-hybridized carbons (Fsp3) is 0.500. The number of piperidine rings is 3. The van der Waals surface area contributed by atoms with E-state index in [0.717, 1.165) is 25.1 Å². The summed E-state index contributed by atoms with van der Waals surface area (Å²) in [5, 5.41) is 3.09. The minimum atomic E-state index is 0.0329. The number of benzene rings is 1. The highest BCUT2D eigenvalue weighted by molar-refractivity contribution is 5.94. The number of hydrogen-bond acceptors (Lipinski definition) is 1. The van der Waals surface area contributed by atoms with Crippen LogP contribution in [0.15, 0.2) is 24.3 Å². The number of rotatable bonds is 3. The van der Waals surface area contributed by atoms with Crippen LogP contribution in [0.1, 0.15) is 28.8 Å². The molecule has 4 rings (SSSR count). The summed E-state index contributed by atoms with van der Waals surface area (Å²) >= 11 is 0. The van der Waals surface area contributed by atoms with E-state index >= 15 is 0 Å². The quantitative estimate of drug-likeness (QED) is 0.785. The highest BCUT2D eigenvalue weighted by atomic mass is 16.1. The van der Waals surface area contributed by atoms with Gasteiger partial charge in [0, 0.05) is 18.4 Å². The Labute approximate surface area is 126 Å². The molecule has 1 aromatic carbocycles. The van der Waals surface area contributed by atoms with E-state index < -0.39 is 0 Å². The summed E-state index contributed by atoms with van der Waals surface area (Å²) in [7, 11) is 0. The first kappa shape index (κ1) is 14.2. The second kappa shape index (κ2) is 5.91. The van der Waals surface area contributed by atoms with Crippen LogP contribution in [-0.4, -0.2) is 31.6 Å². The molecule has 0 saturated carbocycles. The number of aryl methyl sites for hydroxylation is 1. The summed E-state index contributed by atoms with van der Waals surface area (Å²) in [6.45, 7) is 5.06. The average molecular weight is 283 g/mol. The lowest BCUT2D eigenvalue weighted by Gasteiger charge is -2.45. The first-order valence-corrected chi connectivity index (χ1v) is 7.83. The van der Waals surface area contributed by atoms with E-state index in [0.29, 0.717) is 17.9 Å². The molecule has 3 heterocycles. The summed E-state index contributed by atoms with van der Waals surface area (Å²) in [6.07, 6.45) is 8.01. The van der Waals surface area contributed by atoms with Gasteiger partial charge in [0.25, 0.3) is 5.91 Å². The van der Waals surface area contributed by atoms with E-state index in [1.54, 1.807) is 4.90 Å². The molecule has 3 saturated heterocycles. The lowest BCUT2D eigenvalue weighted by atomic mass is 9.76. The molecule has 3 nitrogen and oxygen atoms in total. The van der Waals surface area contributed by atoms with E-state index in [1.165, 1.54) is 18.5 Å². The molecule has 4 atom stereocenters. The summed E-state index contributed by atoms with van der Waals surface area (Å²) in [6, 6.07) is 8.26. The Morgan fingerprint density at radius 3 is 2.81 bits per heavy atom. The molecule has 3 heteroatoms. The van der Waals surface area contributed by atoms with E-state index in [-0.39, 0.29) is 5.91 Å². The van der Waals surface area contributed by atoms with Gasteiger partial charge in [-0.25, -0.2) is 0 Å². The molecule has 0 aliphatic carbocycles. The third-order valence-corrected chi connectivity index (χ3v) is 5.09. The predicted molar refractivity (Wildman–Crippen MR) is 83.0 cm³/mol. The van der Waals surface area contributed by atoms with Crippen molar-refractivity contribution in [3.63, 3.8) is 0 Å². The molecule has 0 spiro atoms. The molecule has 2 bridgehead atoms. The van der Waals surface area contributed by atoms with Gasteiger partial charge in [-0.3, -0.25) is 4.79 Å². The van der Waals surface area contributed by atoms with Crippen LogP contribution >= 0.6 is 0 Å². The van der Waals surface area contributed by atoms with Gasteiger partial charge < -0.3 is 10.2 Å². The topological polar surface area (TPSA) is 33.5 Å². The third-order valence-electron chi connectivity index (χ3n) is 5.09. The summed E-state index contributed by atoms with van der Waals surface area (Å²) < 4.78 is 0. The highest BCUT2D eigenvalue weighted by Crippen LogP contribution is 2.26. The molecule has 3 fully saturated rings. The van der Waals surface area contributed by atoms with Crippen LogP contribution in [-0.2, 0) is 0 Å². The van der Waals surface area contributed by atoms with Crippen LogP contribution in [0.3, 0.4) is 0 Å². The smallest absolute Gasteiger partial charge is 0.251 e. The van der Waals surface area contributed by atoms with E-state index in [4.69, 9.17) is 6.42 Å². The Morgan fingerprint density at radius 2 is 2.19 bits per heavy atom. The van der Waals surface area contributed by atoms with Gasteiger partial charge in [0.1, 0.15) is 6.04 Å². The normalized spacial score (nSPS) is 30.7. The van der Waals surface area contributed by atoms with Crippen molar-refractivity contribution in [2.75, 3.05) is 19.6 Å². The van der Waals surface area contributed by atoms with Crippen LogP contribution in [0, 0.1) is 31.1 Å². The van der Waals surface area contributed by atoms with Crippen LogP contribution in [0.5, 0.6) is 0 Å². The molecule has 2 N–H and O–H groups in total. The number of quaternary nitrogens is 1. The lowest BCUT2D eigenvalue weighted by Crippen LogP contribution is -3.20. The van der Waals surface area contributed by atoms with Gasteiger partial charge in [-0.05, 0) is 25.0 Å². The first-order chi connectivity index (χ1) is 10.2. The Balaban J connectivity index is 1.55. The first-order valence-electron chi connectivity index (χ1n) is 7.83. The van der Waals surface area contributed by atoms with E-state index in [9.17, 15) is 4.79 Å². The zero-order valence-electron chi connectivity index (χ0n) is 12.6. The van der Waals surface area contributed by atoms with Crippen LogP contribution in [0.4, 0.5) is 0 Å². The zero-order valence-corrected chi connectivity index (χ0v) is 12.6. The number of carbonyl (C=O) groups is 1. The van der Waals surface area contributed by atoms with Gasteiger partial charge in [-0.1, -0.05) is 23.6 Å². The fourth-order valence-corrected chi connectivity index (χ4v) is 3.75. The number of terminal acetylenes is 1. The minimum Gasteiger partial charge on any atom is -0.346 e. The highest BCUT2D eigenvalue weighted by Gasteiger charge is 2.42. The van der Waals surface area contributed by atoms with Crippen molar-refractivity contribution >= 4 is 5.91 Å². The number of nitrogens with one attached hydrogen (secondary N) is 2. The maximum Gasteiger partial charge on any atom is 0.251 e. The third kappa shape index (κ3) is 2.96. The van der Waals surface area contributed by atoms with Crippen LogP contribution in [0.25, 0.3) is 0 Å². The average Bonchev–Trinajstić information content (AvgIpc) is 2.53. The molecule has 1 amide bonds. The van der Waals surface area contributed by atoms with Crippen LogP contribution < -0.4 is 10.2 Å². The van der Waals surface area contributed by atoms with Crippen molar-refractivity contribution in [2.24, 2.45) is 11.8 Å². The maximum atomic E-state index is 12.2. The Hall–Kier alpha value is -1.79. The largest absolute Gasteiger partial charge is 0.346 e. The van der Waals surface area contributed by atoms with Gasteiger partial charge in [-0.15, -0.1) is 6.42 Å². The summed E-state index contributed by atoms with van der Waals surface area (Å²) in [4.78, 5) is 13.7. The number of amides is 1. The van der Waals surface area contributed by atoms with Crippen molar-refractivity contribution in [3.05, 3.63) is 35.4 Å². The Bertz CT molecular complexity index is 558. The molecule has 3 aliphatic rings. The van der Waals surface area contributed by atoms with Crippen molar-refractivity contribution in [1.82, 2.24) is 5.32 Å². The predicted octanol–water partition coefficient (Wildman–Crippen LogP) is 0.651. The molecular formula is C18H23N2O+. The fourth-order valence-electron chi connectivity index (χ4n) is 3.75. The second-order valence-corrected chi connectivity index (χ2v) is 6.44. The van der Waals surface area contributed by atoms with Gasteiger partial charge in [0.05, 0.1) is 25.6 Å². The van der Waals surface area contributed by atoms with Crippen molar-refractivity contribution in [3.8, 4) is 12.3 Å². The van der Waals surface area contributed by atoms with Crippen molar-refractivity contribution in [2.45, 2.75) is 25.8 Å². The molecule has 0 radical (unpaired) electrons. The molecule has 21 heavy (non-hydrogen) atoms. The maximum absolute atomic E-state index is 12.2. The Morgan fingerprint density at radius 1 is 1.43 bits per heavy atom. The molecule has 110 valence electrons. The molecule has 1 unspecified atom stereocenters. The Kier molecular flexibility index (Phi) is 3.98. The standard InChI is InChI=1S/C18H22N2O/c1-3-14-12-20-9-8-16(14)10-17(20)11-19-18(21)15-6-4-13(2)5-7-15/h1,4-7,14,16-17H,8-12H2,2H3,(H,19,21)/p+1/t14-,16-,17+/m0/s1. The number of hydrogen-bond donors (Lipinski definition) is 2. The summed E-state index contributed by atoms with van der Waals surface area (Å²) in [5.41, 5.74) is 1.92. The lowest BCUT2D eigenvalue weighted by molar-refractivity contribution is -0.943. The van der Waals surface area contributed by atoms with Crippen molar-refractivity contribution in [1.29, 1.82) is 0 Å². The van der Waals surface area contributed by atoms with Gasteiger partial charge >= 0.3 is 0 Å².